The van der Waals surface area contributed by atoms with E-state index < -0.39 is 0 Å². The molecule has 2 aromatic rings. The van der Waals surface area contributed by atoms with Gasteiger partial charge in [0.25, 0.3) is 0 Å². The fourth-order valence-corrected chi connectivity index (χ4v) is 11.5. The summed E-state index contributed by atoms with van der Waals surface area (Å²) in [5, 5.41) is 2.57. The standard InChI is InChI=1S/2C14H18P.Fe/c2*1-10(2)13-9-14(11(3)4)15(13)12-7-5-6-8-12;/h2*10-11,13-14H,9H2,1-4H3;/q2*-5;/t2*13-,14-;/m11./s1. The normalized spacial score (nSPS) is 26.5. The van der Waals surface area contributed by atoms with E-state index in [0.29, 0.717) is 0 Å². The Bertz CT molecular complexity index is 637. The van der Waals surface area contributed by atoms with Gasteiger partial charge in [-0.15, -0.1) is 0 Å². The molecule has 0 bridgehead atoms. The molecule has 2 heterocycles. The van der Waals surface area contributed by atoms with Crippen LogP contribution in [-0.4, -0.2) is 22.6 Å². The Morgan fingerprint density at radius 3 is 0.935 bits per heavy atom. The summed E-state index contributed by atoms with van der Waals surface area (Å²) in [5.41, 5.74) is 3.52. The minimum atomic E-state index is -0.0352. The summed E-state index contributed by atoms with van der Waals surface area (Å²) in [7, 11) is -0.0705. The first-order chi connectivity index (χ1) is 14.2. The number of rotatable bonds is 6. The minimum absolute atomic E-state index is 0. The predicted octanol–water partition coefficient (Wildman–Crippen LogP) is 6.33. The minimum Gasteiger partial charge on any atom is -0.998 e. The van der Waals surface area contributed by atoms with E-state index in [9.17, 15) is 0 Å². The Kier molecular flexibility index (Phi) is 10.6. The first kappa shape index (κ1) is 27.3. The first-order valence-electron chi connectivity index (χ1n) is 11.6. The second-order valence-corrected chi connectivity index (χ2v) is 15.4. The van der Waals surface area contributed by atoms with Crippen LogP contribution in [0, 0.1) is 72.2 Å². The molecule has 0 saturated carbocycles. The van der Waals surface area contributed by atoms with Crippen molar-refractivity contribution >= 4 is 26.5 Å². The summed E-state index contributed by atoms with van der Waals surface area (Å²) in [6.07, 6.45) is 2.79. The Morgan fingerprint density at radius 1 is 0.516 bits per heavy atom. The van der Waals surface area contributed by atoms with Crippen molar-refractivity contribution in [2.45, 2.75) is 90.9 Å². The summed E-state index contributed by atoms with van der Waals surface area (Å²) >= 11 is 0. The molecule has 2 aliphatic rings. The van der Waals surface area contributed by atoms with E-state index in [1.54, 1.807) is 0 Å². The maximum absolute atomic E-state index is 3.20. The largest absolute Gasteiger partial charge is 0.998 e. The maximum atomic E-state index is 3.20. The van der Waals surface area contributed by atoms with Crippen LogP contribution in [0.2, 0.25) is 0 Å². The molecule has 0 unspecified atom stereocenters. The Hall–Kier alpha value is 0.0795. The van der Waals surface area contributed by atoms with E-state index in [4.69, 9.17) is 0 Å². The summed E-state index contributed by atoms with van der Waals surface area (Å²) < 4.78 is 0. The molecule has 0 radical (unpaired) electrons. The third-order valence-corrected chi connectivity index (χ3v) is 14.4. The first-order valence-corrected chi connectivity index (χ1v) is 14.5. The molecule has 0 aliphatic carbocycles. The second kappa shape index (κ2) is 12.0. The topological polar surface area (TPSA) is 0 Å². The average molecular weight is 490 g/mol. The van der Waals surface area contributed by atoms with Gasteiger partial charge in [0.1, 0.15) is 0 Å². The molecule has 3 heteroatoms. The molecule has 2 aliphatic heterocycles. The van der Waals surface area contributed by atoms with E-state index in [2.05, 4.69) is 104 Å². The van der Waals surface area contributed by atoms with Gasteiger partial charge in [-0.3, -0.25) is 0 Å². The zero-order valence-corrected chi connectivity index (χ0v) is 23.2. The average Bonchev–Trinajstić information content (AvgIpc) is 3.26. The van der Waals surface area contributed by atoms with Crippen molar-refractivity contribution in [2.75, 3.05) is 0 Å². The van der Waals surface area contributed by atoms with E-state index >= 15 is 0 Å². The zero-order chi connectivity index (χ0) is 22.0. The van der Waals surface area contributed by atoms with Gasteiger partial charge in [-0.05, 0) is 59.1 Å². The molecule has 4 atom stereocenters. The summed E-state index contributed by atoms with van der Waals surface area (Å²) in [6.45, 7) is 18.7. The molecular weight excluding hydrogens is 454 g/mol. The van der Waals surface area contributed by atoms with E-state index in [1.165, 1.54) is 23.5 Å². The van der Waals surface area contributed by atoms with Crippen LogP contribution in [0.1, 0.15) is 68.2 Å². The van der Waals surface area contributed by atoms with Gasteiger partial charge in [-0.1, -0.05) is 55.4 Å². The third-order valence-electron chi connectivity index (χ3n) is 6.84. The van der Waals surface area contributed by atoms with E-state index in [-0.39, 0.29) is 32.9 Å². The molecule has 0 spiro atoms. The Balaban J connectivity index is 0.000000213. The van der Waals surface area contributed by atoms with Crippen LogP contribution in [0.25, 0.3) is 0 Å². The van der Waals surface area contributed by atoms with Gasteiger partial charge in [0, 0.05) is 17.1 Å². The van der Waals surface area contributed by atoms with E-state index in [1.807, 2.05) is 0 Å². The van der Waals surface area contributed by atoms with Crippen molar-refractivity contribution in [2.24, 2.45) is 23.7 Å². The molecule has 0 amide bonds. The fourth-order valence-electron chi connectivity index (χ4n) is 4.88. The molecule has 2 aromatic carbocycles. The van der Waals surface area contributed by atoms with Crippen LogP contribution in [0.5, 0.6) is 0 Å². The number of hydrogen-bond donors (Lipinski definition) is 0. The molecule has 31 heavy (non-hydrogen) atoms. The quantitative estimate of drug-likeness (QED) is 0.252. The van der Waals surface area contributed by atoms with Gasteiger partial charge < -0.3 is 75.0 Å². The van der Waals surface area contributed by atoms with Crippen molar-refractivity contribution in [1.29, 1.82) is 0 Å². The van der Waals surface area contributed by atoms with Gasteiger partial charge >= 0.3 is 0 Å². The maximum Gasteiger partial charge on any atom is 0 e. The van der Waals surface area contributed by atoms with Crippen LogP contribution < -0.4 is 10.6 Å². The molecule has 4 rings (SSSR count). The van der Waals surface area contributed by atoms with Crippen molar-refractivity contribution in [3.63, 3.8) is 0 Å². The van der Waals surface area contributed by atoms with Crippen molar-refractivity contribution < 1.29 is 17.1 Å². The zero-order valence-electron chi connectivity index (χ0n) is 20.3. The van der Waals surface area contributed by atoms with Crippen LogP contribution >= 0.6 is 15.8 Å². The van der Waals surface area contributed by atoms with Gasteiger partial charge in [0.05, 0.1) is 0 Å². The van der Waals surface area contributed by atoms with Gasteiger partial charge in [-0.2, -0.15) is 0 Å². The Labute approximate surface area is 206 Å². The smallest absolute Gasteiger partial charge is 0 e. The molecule has 0 aromatic heterocycles. The second-order valence-electron chi connectivity index (χ2n) is 10.2. The summed E-state index contributed by atoms with van der Waals surface area (Å²) in [6, 6.07) is 24.4. The van der Waals surface area contributed by atoms with Gasteiger partial charge in [0.2, 0.25) is 0 Å². The molecule has 0 nitrogen and oxygen atoms in total. The number of hydrogen-bond acceptors (Lipinski definition) is 0. The summed E-state index contributed by atoms with van der Waals surface area (Å²) in [4.78, 5) is 0. The van der Waals surface area contributed by atoms with Crippen LogP contribution in [0.4, 0.5) is 0 Å². The van der Waals surface area contributed by atoms with Gasteiger partial charge in [-0.25, -0.2) is 0 Å². The molecule has 176 valence electrons. The van der Waals surface area contributed by atoms with Crippen molar-refractivity contribution in [3.05, 3.63) is 48.5 Å². The molecule has 2 saturated heterocycles. The molecular formula is C28H36FeP2-10. The molecule has 2 fully saturated rings. The Morgan fingerprint density at radius 2 is 0.742 bits per heavy atom. The van der Waals surface area contributed by atoms with Crippen molar-refractivity contribution in [1.82, 2.24) is 0 Å². The van der Waals surface area contributed by atoms with Crippen LogP contribution in [0.3, 0.4) is 0 Å². The third kappa shape index (κ3) is 6.15. The monoisotopic (exact) mass is 490 g/mol. The van der Waals surface area contributed by atoms with Crippen LogP contribution in [-0.2, 0) is 17.1 Å². The van der Waals surface area contributed by atoms with Crippen LogP contribution in [0.15, 0.2) is 0 Å². The fraction of sp³-hybridized carbons (Fsp3) is 0.643. The SMILES string of the molecule is CC(C)[C@H]1C[C@H](C(C)C)P1[c-]1[c-][c-][c-][c-]1.CC(C)[C@H]1C[C@H](C(C)C)P1[c-]1[c-][c-][c-][c-]1.[Fe]. The van der Waals surface area contributed by atoms with Crippen molar-refractivity contribution in [3.8, 4) is 0 Å². The summed E-state index contributed by atoms with van der Waals surface area (Å²) in [5.74, 6) is 3.18. The van der Waals surface area contributed by atoms with E-state index in [0.717, 1.165) is 46.3 Å². The molecule has 0 N–H and O–H groups in total. The van der Waals surface area contributed by atoms with Gasteiger partial charge in [0.15, 0.2) is 0 Å². The predicted molar refractivity (Wildman–Crippen MR) is 132 cm³/mol.